The molecule has 1 aromatic carbocycles. The SMILES string of the molecule is CC(C)CNc1cc(OCCCOCc2ccccc2)c(C(C)C)cn1. The van der Waals surface area contributed by atoms with Gasteiger partial charge in [-0.15, -0.1) is 0 Å². The van der Waals surface area contributed by atoms with Crippen LogP contribution in [0.4, 0.5) is 5.82 Å². The first-order valence-corrected chi connectivity index (χ1v) is 9.54. The zero-order valence-corrected chi connectivity index (χ0v) is 16.5. The summed E-state index contributed by atoms with van der Waals surface area (Å²) in [7, 11) is 0. The third-order valence-corrected chi connectivity index (χ3v) is 4.01. The average Bonchev–Trinajstić information content (AvgIpc) is 2.63. The first kappa shape index (κ1) is 20.2. The van der Waals surface area contributed by atoms with Gasteiger partial charge in [0, 0.05) is 30.8 Å². The van der Waals surface area contributed by atoms with E-state index in [2.05, 4.69) is 50.1 Å². The second kappa shape index (κ2) is 10.8. The third-order valence-electron chi connectivity index (χ3n) is 4.01. The molecule has 0 amide bonds. The summed E-state index contributed by atoms with van der Waals surface area (Å²) >= 11 is 0. The lowest BCUT2D eigenvalue weighted by Crippen LogP contribution is -2.10. The zero-order valence-electron chi connectivity index (χ0n) is 16.5. The fraction of sp³-hybridized carbons (Fsp3) is 0.500. The fourth-order valence-electron chi connectivity index (χ4n) is 2.52. The van der Waals surface area contributed by atoms with Crippen LogP contribution >= 0.6 is 0 Å². The number of benzene rings is 1. The summed E-state index contributed by atoms with van der Waals surface area (Å²) in [5, 5.41) is 3.36. The highest BCUT2D eigenvalue weighted by molar-refractivity contribution is 5.46. The Morgan fingerprint density at radius 2 is 1.81 bits per heavy atom. The number of nitrogens with one attached hydrogen (secondary N) is 1. The van der Waals surface area contributed by atoms with E-state index in [4.69, 9.17) is 9.47 Å². The maximum absolute atomic E-state index is 6.04. The van der Waals surface area contributed by atoms with Crippen LogP contribution in [0.15, 0.2) is 42.6 Å². The van der Waals surface area contributed by atoms with Gasteiger partial charge < -0.3 is 14.8 Å². The van der Waals surface area contributed by atoms with Gasteiger partial charge in [-0.2, -0.15) is 0 Å². The molecule has 0 spiro atoms. The number of anilines is 1. The summed E-state index contributed by atoms with van der Waals surface area (Å²) < 4.78 is 11.8. The molecule has 0 aliphatic heterocycles. The summed E-state index contributed by atoms with van der Waals surface area (Å²) in [4.78, 5) is 4.51. The minimum atomic E-state index is 0.381. The van der Waals surface area contributed by atoms with Crippen LogP contribution < -0.4 is 10.1 Å². The van der Waals surface area contributed by atoms with Gasteiger partial charge in [0.15, 0.2) is 0 Å². The average molecular weight is 357 g/mol. The van der Waals surface area contributed by atoms with Crippen molar-refractivity contribution in [1.82, 2.24) is 4.98 Å². The van der Waals surface area contributed by atoms with Crippen molar-refractivity contribution in [3.05, 3.63) is 53.7 Å². The summed E-state index contributed by atoms with van der Waals surface area (Å²) in [6, 6.07) is 12.3. The molecule has 142 valence electrons. The van der Waals surface area contributed by atoms with Crippen LogP contribution in [0.25, 0.3) is 0 Å². The molecule has 1 N–H and O–H groups in total. The van der Waals surface area contributed by atoms with Crippen molar-refractivity contribution in [3.63, 3.8) is 0 Å². The molecule has 4 heteroatoms. The summed E-state index contributed by atoms with van der Waals surface area (Å²) in [6.45, 7) is 11.6. The molecule has 0 aliphatic carbocycles. The second-order valence-electron chi connectivity index (χ2n) is 7.28. The molecular formula is C22H32N2O2. The number of hydrogen-bond donors (Lipinski definition) is 1. The van der Waals surface area contributed by atoms with Gasteiger partial charge in [0.05, 0.1) is 19.8 Å². The van der Waals surface area contributed by atoms with E-state index in [1.807, 2.05) is 30.5 Å². The Kier molecular flexibility index (Phi) is 8.42. The fourth-order valence-corrected chi connectivity index (χ4v) is 2.52. The molecule has 2 aromatic rings. The van der Waals surface area contributed by atoms with E-state index in [1.165, 1.54) is 5.56 Å². The zero-order chi connectivity index (χ0) is 18.8. The molecule has 0 unspecified atom stereocenters. The Morgan fingerprint density at radius 1 is 1.04 bits per heavy atom. The van der Waals surface area contributed by atoms with E-state index in [9.17, 15) is 0 Å². The van der Waals surface area contributed by atoms with Crippen LogP contribution in [0.1, 0.15) is 51.2 Å². The van der Waals surface area contributed by atoms with Crippen LogP contribution in [0, 0.1) is 5.92 Å². The highest BCUT2D eigenvalue weighted by atomic mass is 16.5. The smallest absolute Gasteiger partial charge is 0.129 e. The maximum atomic E-state index is 6.04. The van der Waals surface area contributed by atoms with Gasteiger partial charge >= 0.3 is 0 Å². The third kappa shape index (κ3) is 7.04. The van der Waals surface area contributed by atoms with E-state index in [-0.39, 0.29) is 0 Å². The number of pyridine rings is 1. The second-order valence-corrected chi connectivity index (χ2v) is 7.28. The van der Waals surface area contributed by atoms with E-state index < -0.39 is 0 Å². The number of aromatic nitrogens is 1. The van der Waals surface area contributed by atoms with Gasteiger partial charge in [-0.1, -0.05) is 58.0 Å². The van der Waals surface area contributed by atoms with Crippen molar-refractivity contribution in [1.29, 1.82) is 0 Å². The standard InChI is InChI=1S/C22H32N2O2/c1-17(2)14-23-22-13-21(20(15-24-22)18(3)4)26-12-8-11-25-16-19-9-6-5-7-10-19/h5-7,9-10,13,15,17-18H,8,11-12,14,16H2,1-4H3,(H,23,24). The van der Waals surface area contributed by atoms with Gasteiger partial charge in [-0.05, 0) is 17.4 Å². The summed E-state index contributed by atoms with van der Waals surface area (Å²) in [5.41, 5.74) is 2.34. The van der Waals surface area contributed by atoms with Crippen molar-refractivity contribution >= 4 is 5.82 Å². The molecule has 0 fully saturated rings. The molecule has 26 heavy (non-hydrogen) atoms. The van der Waals surface area contributed by atoms with Crippen LogP contribution in [0.5, 0.6) is 5.75 Å². The predicted octanol–water partition coefficient (Wildman–Crippen LogP) is 5.26. The van der Waals surface area contributed by atoms with Gasteiger partial charge in [0.2, 0.25) is 0 Å². The molecule has 2 rings (SSSR count). The monoisotopic (exact) mass is 356 g/mol. The minimum Gasteiger partial charge on any atom is -0.493 e. The summed E-state index contributed by atoms with van der Waals surface area (Å²) in [5.74, 6) is 2.75. The molecule has 0 saturated carbocycles. The Morgan fingerprint density at radius 3 is 2.50 bits per heavy atom. The molecule has 0 saturated heterocycles. The molecule has 1 heterocycles. The van der Waals surface area contributed by atoms with Gasteiger partial charge in [0.1, 0.15) is 11.6 Å². The number of nitrogens with zero attached hydrogens (tertiary/aromatic N) is 1. The molecule has 0 aliphatic rings. The van der Waals surface area contributed by atoms with E-state index in [1.54, 1.807) is 0 Å². The van der Waals surface area contributed by atoms with Gasteiger partial charge in [-0.25, -0.2) is 4.98 Å². The Balaban J connectivity index is 1.79. The highest BCUT2D eigenvalue weighted by Gasteiger charge is 2.10. The molecule has 0 atom stereocenters. The van der Waals surface area contributed by atoms with Crippen molar-refractivity contribution in [2.75, 3.05) is 25.1 Å². The lowest BCUT2D eigenvalue weighted by Gasteiger charge is -2.16. The minimum absolute atomic E-state index is 0.381. The van der Waals surface area contributed by atoms with Crippen LogP contribution in [0.3, 0.4) is 0 Å². The number of rotatable bonds is 11. The van der Waals surface area contributed by atoms with Crippen molar-refractivity contribution in [2.45, 2.75) is 46.6 Å². The van der Waals surface area contributed by atoms with Gasteiger partial charge in [-0.3, -0.25) is 0 Å². The van der Waals surface area contributed by atoms with Crippen LogP contribution in [-0.4, -0.2) is 24.7 Å². The predicted molar refractivity (Wildman–Crippen MR) is 108 cm³/mol. The number of ether oxygens (including phenoxy) is 2. The molecule has 1 aromatic heterocycles. The molecular weight excluding hydrogens is 324 g/mol. The van der Waals surface area contributed by atoms with Crippen LogP contribution in [0.2, 0.25) is 0 Å². The molecule has 4 nitrogen and oxygen atoms in total. The van der Waals surface area contributed by atoms with E-state index in [0.717, 1.165) is 30.1 Å². The Labute approximate surface area is 157 Å². The molecule has 0 radical (unpaired) electrons. The van der Waals surface area contributed by atoms with Crippen molar-refractivity contribution in [3.8, 4) is 5.75 Å². The topological polar surface area (TPSA) is 43.4 Å². The number of hydrogen-bond acceptors (Lipinski definition) is 4. The Bertz CT molecular complexity index is 642. The normalized spacial score (nSPS) is 11.2. The van der Waals surface area contributed by atoms with Crippen molar-refractivity contribution in [2.24, 2.45) is 5.92 Å². The van der Waals surface area contributed by atoms with E-state index >= 15 is 0 Å². The quantitative estimate of drug-likeness (QED) is 0.558. The maximum Gasteiger partial charge on any atom is 0.129 e. The van der Waals surface area contributed by atoms with Gasteiger partial charge in [0.25, 0.3) is 0 Å². The molecule has 0 bridgehead atoms. The van der Waals surface area contributed by atoms with E-state index in [0.29, 0.717) is 31.7 Å². The van der Waals surface area contributed by atoms with Crippen molar-refractivity contribution < 1.29 is 9.47 Å². The first-order valence-electron chi connectivity index (χ1n) is 9.54. The summed E-state index contributed by atoms with van der Waals surface area (Å²) in [6.07, 6.45) is 2.79. The first-order chi connectivity index (χ1) is 12.6. The Hall–Kier alpha value is -2.07. The van der Waals surface area contributed by atoms with Crippen LogP contribution in [-0.2, 0) is 11.3 Å². The highest BCUT2D eigenvalue weighted by Crippen LogP contribution is 2.28. The lowest BCUT2D eigenvalue weighted by molar-refractivity contribution is 0.107. The lowest BCUT2D eigenvalue weighted by atomic mass is 10.0. The largest absolute Gasteiger partial charge is 0.493 e.